The summed E-state index contributed by atoms with van der Waals surface area (Å²) in [5, 5.41) is 34.4. The van der Waals surface area contributed by atoms with Crippen molar-refractivity contribution >= 4 is 56.7 Å². The molecule has 0 spiro atoms. The summed E-state index contributed by atoms with van der Waals surface area (Å²) in [7, 11) is 0. The SMILES string of the molecule is O=[N+]([O-])c1ccc(N/N=C/c2c3ccccc3c(/C=N/Nc3ccc([N+](=O)[O-])cc3)c3ccccc23)cc1. The molecule has 186 valence electrons. The van der Waals surface area contributed by atoms with E-state index in [0.29, 0.717) is 11.4 Å². The van der Waals surface area contributed by atoms with Crippen LogP contribution >= 0.6 is 0 Å². The number of benzene rings is 5. The van der Waals surface area contributed by atoms with E-state index in [1.165, 1.54) is 24.3 Å². The van der Waals surface area contributed by atoms with Gasteiger partial charge < -0.3 is 0 Å². The molecule has 0 saturated carbocycles. The van der Waals surface area contributed by atoms with Gasteiger partial charge in [0, 0.05) is 35.4 Å². The van der Waals surface area contributed by atoms with Crippen molar-refractivity contribution in [2.24, 2.45) is 10.2 Å². The summed E-state index contributed by atoms with van der Waals surface area (Å²) in [6.45, 7) is 0. The fourth-order valence-electron chi connectivity index (χ4n) is 4.13. The van der Waals surface area contributed by atoms with Gasteiger partial charge in [-0.1, -0.05) is 48.5 Å². The van der Waals surface area contributed by atoms with Crippen LogP contribution in [-0.2, 0) is 0 Å². The molecule has 0 aliphatic carbocycles. The number of rotatable bonds is 8. The van der Waals surface area contributed by atoms with Crippen LogP contribution < -0.4 is 10.9 Å². The van der Waals surface area contributed by atoms with Crippen LogP contribution in [0.1, 0.15) is 11.1 Å². The van der Waals surface area contributed by atoms with Crippen molar-refractivity contribution in [3.8, 4) is 0 Å². The van der Waals surface area contributed by atoms with Crippen molar-refractivity contribution in [2.45, 2.75) is 0 Å². The number of nitrogens with one attached hydrogen (secondary N) is 2. The number of fused-ring (bicyclic) bond motifs is 2. The first-order chi connectivity index (χ1) is 18.5. The van der Waals surface area contributed by atoms with E-state index < -0.39 is 9.85 Å². The number of nitro benzene ring substituents is 2. The highest BCUT2D eigenvalue weighted by molar-refractivity contribution is 6.21. The fourth-order valence-corrected chi connectivity index (χ4v) is 4.13. The smallest absolute Gasteiger partial charge is 0.269 e. The van der Waals surface area contributed by atoms with Gasteiger partial charge in [0.2, 0.25) is 0 Å². The lowest BCUT2D eigenvalue weighted by molar-refractivity contribution is -0.385. The van der Waals surface area contributed by atoms with Crippen LogP contribution in [0.15, 0.2) is 107 Å². The van der Waals surface area contributed by atoms with Gasteiger partial charge >= 0.3 is 0 Å². The van der Waals surface area contributed by atoms with Crippen LogP contribution in [0.25, 0.3) is 21.5 Å². The van der Waals surface area contributed by atoms with E-state index in [1.807, 2.05) is 48.5 Å². The maximum atomic E-state index is 10.9. The minimum absolute atomic E-state index is 0.0110. The first-order valence-corrected chi connectivity index (χ1v) is 11.5. The fraction of sp³-hybridized carbons (Fsp3) is 0. The van der Waals surface area contributed by atoms with Crippen molar-refractivity contribution in [1.82, 2.24) is 0 Å². The van der Waals surface area contributed by atoms with Crippen LogP contribution in [-0.4, -0.2) is 22.3 Å². The highest BCUT2D eigenvalue weighted by atomic mass is 16.6. The molecule has 0 aromatic heterocycles. The number of anilines is 2. The molecule has 0 saturated heterocycles. The van der Waals surface area contributed by atoms with E-state index in [-0.39, 0.29) is 11.4 Å². The van der Waals surface area contributed by atoms with Crippen LogP contribution in [0.3, 0.4) is 0 Å². The van der Waals surface area contributed by atoms with Crippen molar-refractivity contribution in [1.29, 1.82) is 0 Å². The lowest BCUT2D eigenvalue weighted by Crippen LogP contribution is -1.98. The second kappa shape index (κ2) is 10.5. The van der Waals surface area contributed by atoms with Gasteiger partial charge in [-0.25, -0.2) is 0 Å². The van der Waals surface area contributed by atoms with Crippen molar-refractivity contribution in [3.63, 3.8) is 0 Å². The zero-order chi connectivity index (χ0) is 26.5. The topological polar surface area (TPSA) is 135 Å². The van der Waals surface area contributed by atoms with E-state index in [4.69, 9.17) is 0 Å². The third kappa shape index (κ3) is 5.00. The monoisotopic (exact) mass is 504 g/mol. The molecule has 0 heterocycles. The summed E-state index contributed by atoms with van der Waals surface area (Å²) in [4.78, 5) is 20.9. The molecule has 0 radical (unpaired) electrons. The van der Waals surface area contributed by atoms with E-state index >= 15 is 0 Å². The molecule has 5 aromatic rings. The second-order valence-electron chi connectivity index (χ2n) is 8.27. The Kier molecular flexibility index (Phi) is 6.68. The lowest BCUT2D eigenvalue weighted by atomic mass is 9.92. The van der Waals surface area contributed by atoms with E-state index in [2.05, 4.69) is 21.1 Å². The zero-order valence-corrected chi connectivity index (χ0v) is 19.8. The Hall–Kier alpha value is -5.64. The van der Waals surface area contributed by atoms with E-state index in [1.54, 1.807) is 36.7 Å². The molecule has 38 heavy (non-hydrogen) atoms. The van der Waals surface area contributed by atoms with Crippen molar-refractivity contribution < 1.29 is 9.85 Å². The normalized spacial score (nSPS) is 11.4. The maximum absolute atomic E-state index is 10.9. The number of hydrogen-bond acceptors (Lipinski definition) is 8. The molecule has 5 aromatic carbocycles. The molecule has 0 bridgehead atoms. The predicted octanol–water partition coefficient (Wildman–Crippen LogP) is 6.70. The number of non-ortho nitro benzene ring substituents is 2. The summed E-state index contributed by atoms with van der Waals surface area (Å²) < 4.78 is 0. The molecule has 2 N–H and O–H groups in total. The molecule has 0 unspecified atom stereocenters. The Morgan fingerprint density at radius 3 is 1.13 bits per heavy atom. The van der Waals surface area contributed by atoms with Crippen LogP contribution in [0, 0.1) is 20.2 Å². The van der Waals surface area contributed by atoms with Crippen LogP contribution in [0.4, 0.5) is 22.7 Å². The molecule has 0 amide bonds. The Morgan fingerprint density at radius 2 is 0.842 bits per heavy atom. The third-order valence-electron chi connectivity index (χ3n) is 5.95. The molecule has 0 fully saturated rings. The Bertz CT molecular complexity index is 1530. The molecule has 0 aliphatic heterocycles. The molecule has 10 nitrogen and oxygen atoms in total. The number of hydrogen-bond donors (Lipinski definition) is 2. The average Bonchev–Trinajstić information content (AvgIpc) is 2.94. The third-order valence-corrected chi connectivity index (χ3v) is 5.95. The molecular weight excluding hydrogens is 484 g/mol. The number of nitro groups is 2. The van der Waals surface area contributed by atoms with Gasteiger partial charge in [-0.3, -0.25) is 31.1 Å². The summed E-state index contributed by atoms with van der Waals surface area (Å²) in [6.07, 6.45) is 3.48. The predicted molar refractivity (Wildman–Crippen MR) is 150 cm³/mol. The minimum Gasteiger partial charge on any atom is -0.278 e. The van der Waals surface area contributed by atoms with Crippen LogP contribution in [0.5, 0.6) is 0 Å². The largest absolute Gasteiger partial charge is 0.278 e. The quantitative estimate of drug-likeness (QED) is 0.104. The molecule has 0 aliphatic rings. The maximum Gasteiger partial charge on any atom is 0.269 e. The van der Waals surface area contributed by atoms with Gasteiger partial charge in [-0.15, -0.1) is 0 Å². The lowest BCUT2D eigenvalue weighted by Gasteiger charge is -2.12. The molecule has 10 heteroatoms. The number of hydrazone groups is 2. The molecule has 5 rings (SSSR count). The Labute approximate surface area is 216 Å². The number of nitrogens with zero attached hydrogens (tertiary/aromatic N) is 4. The van der Waals surface area contributed by atoms with E-state index in [0.717, 1.165) is 32.7 Å². The van der Waals surface area contributed by atoms with Crippen molar-refractivity contribution in [3.05, 3.63) is 128 Å². The zero-order valence-electron chi connectivity index (χ0n) is 19.8. The standard InChI is InChI=1S/C28H20N6O4/c35-33(36)21-13-9-19(10-14-21)31-29-17-27-23-5-1-2-6-24(23)28(26-8-4-3-7-25(26)27)18-30-32-20-11-15-22(16-12-20)34(37)38/h1-18,31-32H/b29-17+,30-18+. The van der Waals surface area contributed by atoms with Gasteiger partial charge in [0.25, 0.3) is 11.4 Å². The average molecular weight is 505 g/mol. The van der Waals surface area contributed by atoms with E-state index in [9.17, 15) is 20.2 Å². The van der Waals surface area contributed by atoms with Gasteiger partial charge in [0.1, 0.15) is 0 Å². The Balaban J connectivity index is 1.48. The second-order valence-corrected chi connectivity index (χ2v) is 8.27. The summed E-state index contributed by atoms with van der Waals surface area (Å²) in [5.74, 6) is 0. The Morgan fingerprint density at radius 1 is 0.526 bits per heavy atom. The van der Waals surface area contributed by atoms with Gasteiger partial charge in [-0.05, 0) is 45.8 Å². The first kappa shape index (κ1) is 24.1. The highest BCUT2D eigenvalue weighted by Crippen LogP contribution is 2.31. The van der Waals surface area contributed by atoms with Gasteiger partial charge in [-0.2, -0.15) is 10.2 Å². The van der Waals surface area contributed by atoms with Gasteiger partial charge in [0.15, 0.2) is 0 Å². The van der Waals surface area contributed by atoms with Gasteiger partial charge in [0.05, 0.1) is 33.7 Å². The van der Waals surface area contributed by atoms with Crippen LogP contribution in [0.2, 0.25) is 0 Å². The van der Waals surface area contributed by atoms with Crippen molar-refractivity contribution in [2.75, 3.05) is 10.9 Å². The molecule has 0 atom stereocenters. The summed E-state index contributed by atoms with van der Waals surface area (Å²) in [6, 6.07) is 27.9. The summed E-state index contributed by atoms with van der Waals surface area (Å²) >= 11 is 0. The summed E-state index contributed by atoms with van der Waals surface area (Å²) in [5.41, 5.74) is 8.96. The molecular formula is C28H20N6O4. The minimum atomic E-state index is -0.447. The highest BCUT2D eigenvalue weighted by Gasteiger charge is 2.12. The first-order valence-electron chi connectivity index (χ1n) is 11.5.